The Morgan fingerprint density at radius 1 is 0.846 bits per heavy atom. The van der Waals surface area contributed by atoms with Crippen molar-refractivity contribution in [3.05, 3.63) is 34.9 Å². The van der Waals surface area contributed by atoms with Gasteiger partial charge in [0, 0.05) is 10.8 Å². The molecule has 2 aromatic carbocycles. The molecule has 3 aromatic rings. The number of ether oxygens (including phenoxy) is 2. The van der Waals surface area contributed by atoms with Crippen molar-refractivity contribution in [2.75, 3.05) is 13.2 Å². The normalized spacial score (nSPS) is 11.5. The van der Waals surface area contributed by atoms with E-state index in [0.29, 0.717) is 22.6 Å². The summed E-state index contributed by atoms with van der Waals surface area (Å²) in [6.07, 6.45) is 3.03. The molecule has 0 spiro atoms. The summed E-state index contributed by atoms with van der Waals surface area (Å²) in [7, 11) is 0. The van der Waals surface area contributed by atoms with Gasteiger partial charge in [-0.2, -0.15) is 0 Å². The summed E-state index contributed by atoms with van der Waals surface area (Å²) >= 11 is 1.12. The average molecular weight is 378 g/mol. The highest BCUT2D eigenvalue weighted by Gasteiger charge is 2.21. The number of hydrogen-bond acceptors (Lipinski definition) is 3. The highest BCUT2D eigenvalue weighted by atomic mass is 32.1. The van der Waals surface area contributed by atoms with Crippen molar-refractivity contribution >= 4 is 31.5 Å². The smallest absolute Gasteiger partial charge is 0.183 e. The van der Waals surface area contributed by atoms with Crippen molar-refractivity contribution in [1.82, 2.24) is 0 Å². The quantitative estimate of drug-likeness (QED) is 0.416. The van der Waals surface area contributed by atoms with E-state index in [4.69, 9.17) is 9.47 Å². The number of hydrogen-bond donors (Lipinski definition) is 0. The van der Waals surface area contributed by atoms with Crippen LogP contribution < -0.4 is 9.47 Å². The van der Waals surface area contributed by atoms with Gasteiger partial charge in [0.05, 0.1) is 22.6 Å². The Balaban J connectivity index is 2.14. The molecule has 3 rings (SSSR count). The minimum Gasteiger partial charge on any atom is -0.490 e. The number of rotatable bonds is 7. The highest BCUT2D eigenvalue weighted by molar-refractivity contribution is 7.26. The second-order valence-electron chi connectivity index (χ2n) is 6.52. The van der Waals surface area contributed by atoms with Gasteiger partial charge in [-0.05, 0) is 50.5 Å². The summed E-state index contributed by atoms with van der Waals surface area (Å²) in [6.45, 7) is 8.45. The lowest BCUT2D eigenvalue weighted by Gasteiger charge is -2.11. The lowest BCUT2D eigenvalue weighted by Crippen LogP contribution is -2.01. The molecule has 0 aliphatic rings. The van der Waals surface area contributed by atoms with E-state index in [2.05, 4.69) is 6.92 Å². The van der Waals surface area contributed by atoms with Crippen LogP contribution in [0.4, 0.5) is 8.78 Å². The van der Waals surface area contributed by atoms with Gasteiger partial charge in [0.2, 0.25) is 0 Å². The molecule has 0 saturated carbocycles. The van der Waals surface area contributed by atoms with E-state index in [1.54, 1.807) is 0 Å². The molecule has 0 amide bonds. The Morgan fingerprint density at radius 3 is 1.88 bits per heavy atom. The van der Waals surface area contributed by atoms with Crippen LogP contribution in [0.15, 0.2) is 12.1 Å². The van der Waals surface area contributed by atoms with Crippen molar-refractivity contribution < 1.29 is 18.3 Å². The molecule has 0 saturated heterocycles. The molecule has 0 aliphatic heterocycles. The predicted octanol–water partition coefficient (Wildman–Crippen LogP) is 6.92. The van der Waals surface area contributed by atoms with Crippen molar-refractivity contribution in [3.63, 3.8) is 0 Å². The molecule has 0 aliphatic carbocycles. The van der Waals surface area contributed by atoms with Gasteiger partial charge in [0.15, 0.2) is 23.1 Å². The van der Waals surface area contributed by atoms with E-state index in [-0.39, 0.29) is 11.5 Å². The molecule has 0 radical (unpaired) electrons. The van der Waals surface area contributed by atoms with Gasteiger partial charge in [0.1, 0.15) is 0 Å². The van der Waals surface area contributed by atoms with Crippen molar-refractivity contribution in [3.8, 4) is 11.5 Å². The van der Waals surface area contributed by atoms with Gasteiger partial charge in [-0.25, -0.2) is 8.78 Å². The molecule has 26 heavy (non-hydrogen) atoms. The Bertz CT molecular complexity index is 947. The Morgan fingerprint density at radius 2 is 1.38 bits per heavy atom. The van der Waals surface area contributed by atoms with Crippen LogP contribution in [0.5, 0.6) is 11.5 Å². The number of thiophene rings is 1. The van der Waals surface area contributed by atoms with Crippen LogP contribution in [0, 0.1) is 25.5 Å². The summed E-state index contributed by atoms with van der Waals surface area (Å²) in [5.41, 5.74) is 1.45. The summed E-state index contributed by atoms with van der Waals surface area (Å²) in [4.78, 5) is 0. The maximum Gasteiger partial charge on any atom is 0.183 e. The number of aryl methyl sites for hydroxylation is 2. The predicted molar refractivity (Wildman–Crippen MR) is 105 cm³/mol. The number of benzene rings is 2. The number of halogens is 2. The first kappa shape index (κ1) is 18.9. The molecule has 5 heteroatoms. The average Bonchev–Trinajstić information content (AvgIpc) is 2.97. The van der Waals surface area contributed by atoms with E-state index in [1.165, 1.54) is 0 Å². The van der Waals surface area contributed by atoms with Gasteiger partial charge < -0.3 is 9.47 Å². The standard InChI is InChI=1S/C21H24F2O2S/c1-5-7-8-9-25-19-13(4)11-15-14-10-12(3)18(24-6-2)16(22)20(14)26-21(15)17(19)23/h10-11H,5-9H2,1-4H3. The Kier molecular flexibility index (Phi) is 5.66. The highest BCUT2D eigenvalue weighted by Crippen LogP contribution is 2.44. The summed E-state index contributed by atoms with van der Waals surface area (Å²) < 4.78 is 42.0. The zero-order valence-electron chi connectivity index (χ0n) is 15.7. The largest absolute Gasteiger partial charge is 0.490 e. The van der Waals surface area contributed by atoms with Crippen molar-refractivity contribution in [2.45, 2.75) is 47.0 Å². The van der Waals surface area contributed by atoms with Crippen molar-refractivity contribution in [1.29, 1.82) is 0 Å². The fraction of sp³-hybridized carbons (Fsp3) is 0.429. The maximum atomic E-state index is 15.1. The van der Waals surface area contributed by atoms with E-state index in [9.17, 15) is 4.39 Å². The molecular weight excluding hydrogens is 354 g/mol. The van der Waals surface area contributed by atoms with Gasteiger partial charge in [0.25, 0.3) is 0 Å². The molecule has 0 fully saturated rings. The van der Waals surface area contributed by atoms with Crippen LogP contribution in [0.2, 0.25) is 0 Å². The third-order valence-corrected chi connectivity index (χ3v) is 5.71. The minimum absolute atomic E-state index is 0.250. The summed E-state index contributed by atoms with van der Waals surface area (Å²) in [5, 5.41) is 1.45. The molecule has 0 unspecified atom stereocenters. The second-order valence-corrected chi connectivity index (χ2v) is 7.54. The van der Waals surface area contributed by atoms with E-state index >= 15 is 4.39 Å². The van der Waals surface area contributed by atoms with Crippen LogP contribution >= 0.6 is 11.3 Å². The van der Waals surface area contributed by atoms with Gasteiger partial charge in [-0.3, -0.25) is 0 Å². The maximum absolute atomic E-state index is 15.1. The third kappa shape index (κ3) is 3.25. The SMILES string of the molecule is CCCCCOc1c(C)cc2c(sc3c(F)c(OCC)c(C)cc32)c1F. The van der Waals surface area contributed by atoms with E-state index < -0.39 is 11.6 Å². The molecule has 1 aromatic heterocycles. The molecule has 0 bridgehead atoms. The summed E-state index contributed by atoms with van der Waals surface area (Å²) in [5.74, 6) is -0.278. The van der Waals surface area contributed by atoms with Crippen LogP contribution in [0.25, 0.3) is 20.2 Å². The first-order valence-electron chi connectivity index (χ1n) is 9.09. The topological polar surface area (TPSA) is 18.5 Å². The molecule has 2 nitrogen and oxygen atoms in total. The Labute approximate surface area is 156 Å². The Hall–Kier alpha value is -1.88. The third-order valence-electron chi connectivity index (χ3n) is 4.50. The zero-order valence-corrected chi connectivity index (χ0v) is 16.5. The van der Waals surface area contributed by atoms with E-state index in [1.807, 2.05) is 32.9 Å². The summed E-state index contributed by atoms with van der Waals surface area (Å²) in [6, 6.07) is 3.77. The van der Waals surface area contributed by atoms with E-state index in [0.717, 1.165) is 52.5 Å². The molecule has 0 N–H and O–H groups in total. The van der Waals surface area contributed by atoms with Crippen LogP contribution in [-0.2, 0) is 0 Å². The monoisotopic (exact) mass is 378 g/mol. The van der Waals surface area contributed by atoms with Crippen LogP contribution in [0.1, 0.15) is 44.2 Å². The second kappa shape index (κ2) is 7.78. The lowest BCUT2D eigenvalue weighted by atomic mass is 10.1. The lowest BCUT2D eigenvalue weighted by molar-refractivity contribution is 0.291. The number of unbranched alkanes of at least 4 members (excludes halogenated alkanes) is 2. The minimum atomic E-state index is -0.412. The fourth-order valence-electron chi connectivity index (χ4n) is 3.21. The molecule has 140 valence electrons. The van der Waals surface area contributed by atoms with Gasteiger partial charge >= 0.3 is 0 Å². The van der Waals surface area contributed by atoms with Gasteiger partial charge in [-0.1, -0.05) is 19.8 Å². The molecular formula is C21H24F2O2S. The first-order valence-corrected chi connectivity index (χ1v) is 9.91. The molecule has 0 atom stereocenters. The number of fused-ring (bicyclic) bond motifs is 3. The van der Waals surface area contributed by atoms with Gasteiger partial charge in [-0.15, -0.1) is 11.3 Å². The first-order chi connectivity index (χ1) is 12.5. The van der Waals surface area contributed by atoms with Crippen molar-refractivity contribution in [2.24, 2.45) is 0 Å². The van der Waals surface area contributed by atoms with Crippen LogP contribution in [0.3, 0.4) is 0 Å². The van der Waals surface area contributed by atoms with Crippen LogP contribution in [-0.4, -0.2) is 13.2 Å². The zero-order chi connectivity index (χ0) is 18.8. The fourth-order valence-corrected chi connectivity index (χ4v) is 4.34. The molecule has 1 heterocycles.